The summed E-state index contributed by atoms with van der Waals surface area (Å²) in [6.07, 6.45) is 3.48. The average Bonchev–Trinajstić information content (AvgIpc) is 2.20. The van der Waals surface area contributed by atoms with Crippen molar-refractivity contribution < 1.29 is 4.74 Å². The summed E-state index contributed by atoms with van der Waals surface area (Å²) in [5.41, 5.74) is 0. The standard InChI is InChI=1S/C11H12Br4O/c12-4-2-1-3-5-16-11-9(14)6-8(13)7-10(11)15/h6-7H,1-5H2. The number of hydrogen-bond acceptors (Lipinski definition) is 1. The maximum Gasteiger partial charge on any atom is 0.147 e. The lowest BCUT2D eigenvalue weighted by atomic mass is 10.3. The van der Waals surface area contributed by atoms with Crippen molar-refractivity contribution in [2.75, 3.05) is 11.9 Å². The van der Waals surface area contributed by atoms with Gasteiger partial charge in [0.15, 0.2) is 0 Å². The molecule has 90 valence electrons. The molecule has 0 radical (unpaired) electrons. The second-order valence-electron chi connectivity index (χ2n) is 3.30. The number of halogens is 4. The molecule has 0 N–H and O–H groups in total. The molecule has 1 aromatic carbocycles. The van der Waals surface area contributed by atoms with Crippen LogP contribution in [0.2, 0.25) is 0 Å². The molecule has 0 aromatic heterocycles. The van der Waals surface area contributed by atoms with Crippen molar-refractivity contribution in [2.45, 2.75) is 19.3 Å². The molecule has 0 atom stereocenters. The Morgan fingerprint density at radius 1 is 0.938 bits per heavy atom. The molecule has 0 aliphatic carbocycles. The largest absolute Gasteiger partial charge is 0.491 e. The second kappa shape index (κ2) is 8.11. The average molecular weight is 480 g/mol. The minimum Gasteiger partial charge on any atom is -0.491 e. The molecule has 0 spiro atoms. The highest BCUT2D eigenvalue weighted by Gasteiger charge is 2.07. The quantitative estimate of drug-likeness (QED) is 0.364. The summed E-state index contributed by atoms with van der Waals surface area (Å²) < 4.78 is 8.70. The first-order valence-electron chi connectivity index (χ1n) is 4.98. The predicted molar refractivity (Wildman–Crippen MR) is 82.7 cm³/mol. The van der Waals surface area contributed by atoms with Crippen LogP contribution in [-0.4, -0.2) is 11.9 Å². The number of alkyl halides is 1. The van der Waals surface area contributed by atoms with E-state index in [1.165, 1.54) is 12.8 Å². The second-order valence-corrected chi connectivity index (χ2v) is 6.71. The monoisotopic (exact) mass is 476 g/mol. The molecule has 0 unspecified atom stereocenters. The van der Waals surface area contributed by atoms with Gasteiger partial charge in [0.05, 0.1) is 15.6 Å². The van der Waals surface area contributed by atoms with Gasteiger partial charge in [-0.3, -0.25) is 0 Å². The molecule has 0 bridgehead atoms. The molecule has 0 fully saturated rings. The molecule has 0 saturated carbocycles. The molecule has 0 aliphatic heterocycles. The van der Waals surface area contributed by atoms with E-state index in [2.05, 4.69) is 63.7 Å². The molecular formula is C11H12Br4O. The van der Waals surface area contributed by atoms with Gasteiger partial charge in [0.25, 0.3) is 0 Å². The Hall–Kier alpha value is 0.940. The van der Waals surface area contributed by atoms with E-state index in [-0.39, 0.29) is 0 Å². The number of ether oxygens (including phenoxy) is 1. The summed E-state index contributed by atoms with van der Waals surface area (Å²) in [4.78, 5) is 0. The topological polar surface area (TPSA) is 9.23 Å². The Kier molecular flexibility index (Phi) is 7.61. The van der Waals surface area contributed by atoms with Crippen molar-refractivity contribution >= 4 is 63.7 Å². The summed E-state index contributed by atoms with van der Waals surface area (Å²) >= 11 is 13.8. The van der Waals surface area contributed by atoms with Gasteiger partial charge in [0, 0.05) is 9.80 Å². The van der Waals surface area contributed by atoms with Gasteiger partial charge in [-0.15, -0.1) is 0 Å². The van der Waals surface area contributed by atoms with E-state index >= 15 is 0 Å². The first-order valence-corrected chi connectivity index (χ1v) is 8.48. The van der Waals surface area contributed by atoms with Crippen molar-refractivity contribution in [3.8, 4) is 5.75 Å². The number of unbranched alkanes of at least 4 members (excludes halogenated alkanes) is 2. The van der Waals surface area contributed by atoms with Gasteiger partial charge < -0.3 is 4.74 Å². The fraction of sp³-hybridized carbons (Fsp3) is 0.455. The van der Waals surface area contributed by atoms with Gasteiger partial charge in [0.1, 0.15) is 5.75 Å². The third-order valence-electron chi connectivity index (χ3n) is 1.99. The van der Waals surface area contributed by atoms with E-state index in [1.54, 1.807) is 0 Å². The Balaban J connectivity index is 2.47. The molecule has 16 heavy (non-hydrogen) atoms. The molecule has 1 nitrogen and oxygen atoms in total. The molecule has 0 amide bonds. The minimum atomic E-state index is 0.756. The van der Waals surface area contributed by atoms with Gasteiger partial charge in [-0.2, -0.15) is 0 Å². The molecule has 1 rings (SSSR count). The van der Waals surface area contributed by atoms with E-state index in [1.807, 2.05) is 12.1 Å². The van der Waals surface area contributed by atoms with Crippen LogP contribution in [0, 0.1) is 0 Å². The Labute approximate surface area is 130 Å². The van der Waals surface area contributed by atoms with Crippen LogP contribution in [0.5, 0.6) is 5.75 Å². The van der Waals surface area contributed by atoms with Gasteiger partial charge in [-0.05, 0) is 63.3 Å². The van der Waals surface area contributed by atoms with Gasteiger partial charge in [-0.1, -0.05) is 31.9 Å². The highest BCUT2D eigenvalue weighted by Crippen LogP contribution is 2.36. The van der Waals surface area contributed by atoms with Gasteiger partial charge in [0.2, 0.25) is 0 Å². The zero-order chi connectivity index (χ0) is 12.0. The maximum atomic E-state index is 5.74. The van der Waals surface area contributed by atoms with Crippen LogP contribution >= 0.6 is 63.7 Å². The molecule has 1 aromatic rings. The lowest BCUT2D eigenvalue weighted by molar-refractivity contribution is 0.303. The minimum absolute atomic E-state index is 0.756. The molecule has 5 heteroatoms. The van der Waals surface area contributed by atoms with E-state index in [0.29, 0.717) is 0 Å². The van der Waals surface area contributed by atoms with E-state index in [4.69, 9.17) is 4.74 Å². The van der Waals surface area contributed by atoms with Crippen molar-refractivity contribution in [1.82, 2.24) is 0 Å². The molecular weight excluding hydrogens is 468 g/mol. The van der Waals surface area contributed by atoms with Crippen molar-refractivity contribution in [3.63, 3.8) is 0 Å². The summed E-state index contributed by atoms with van der Waals surface area (Å²) in [6.45, 7) is 0.756. The number of rotatable bonds is 6. The third-order valence-corrected chi connectivity index (χ3v) is 4.18. The highest BCUT2D eigenvalue weighted by atomic mass is 79.9. The zero-order valence-electron chi connectivity index (χ0n) is 8.61. The molecule has 0 aliphatic rings. The van der Waals surface area contributed by atoms with Crippen LogP contribution < -0.4 is 4.74 Å². The maximum absolute atomic E-state index is 5.74. The van der Waals surface area contributed by atoms with Crippen LogP contribution in [0.3, 0.4) is 0 Å². The number of hydrogen-bond donors (Lipinski definition) is 0. The summed E-state index contributed by atoms with van der Waals surface area (Å²) in [5, 5.41) is 1.07. The third kappa shape index (κ3) is 5.07. The predicted octanol–water partition coefficient (Wildman–Crippen LogP) is 5.92. The Morgan fingerprint density at radius 3 is 2.12 bits per heavy atom. The van der Waals surface area contributed by atoms with Crippen molar-refractivity contribution in [1.29, 1.82) is 0 Å². The van der Waals surface area contributed by atoms with E-state index < -0.39 is 0 Å². The zero-order valence-corrected chi connectivity index (χ0v) is 15.0. The Bertz CT molecular complexity index is 318. The van der Waals surface area contributed by atoms with Crippen LogP contribution in [0.15, 0.2) is 25.6 Å². The van der Waals surface area contributed by atoms with Crippen molar-refractivity contribution in [3.05, 3.63) is 25.6 Å². The summed E-state index contributed by atoms with van der Waals surface area (Å²) in [7, 11) is 0. The highest BCUT2D eigenvalue weighted by molar-refractivity contribution is 9.11. The smallest absolute Gasteiger partial charge is 0.147 e. The SMILES string of the molecule is BrCCCCCOc1c(Br)cc(Br)cc1Br. The van der Waals surface area contributed by atoms with Crippen LogP contribution in [0.4, 0.5) is 0 Å². The van der Waals surface area contributed by atoms with Crippen LogP contribution in [0.25, 0.3) is 0 Å². The fourth-order valence-corrected chi connectivity index (χ4v) is 4.10. The van der Waals surface area contributed by atoms with Crippen LogP contribution in [-0.2, 0) is 0 Å². The molecule has 0 heterocycles. The lowest BCUT2D eigenvalue weighted by Crippen LogP contribution is -1.99. The van der Waals surface area contributed by atoms with E-state index in [0.717, 1.165) is 37.5 Å². The normalized spacial score (nSPS) is 10.5. The van der Waals surface area contributed by atoms with Gasteiger partial charge >= 0.3 is 0 Å². The first-order chi connectivity index (χ1) is 7.65. The molecule has 0 saturated heterocycles. The Morgan fingerprint density at radius 2 is 1.56 bits per heavy atom. The summed E-state index contributed by atoms with van der Waals surface area (Å²) in [6, 6.07) is 3.97. The summed E-state index contributed by atoms with van der Waals surface area (Å²) in [5.74, 6) is 0.877. The van der Waals surface area contributed by atoms with Crippen LogP contribution in [0.1, 0.15) is 19.3 Å². The number of benzene rings is 1. The fourth-order valence-electron chi connectivity index (χ4n) is 1.21. The first kappa shape index (κ1) is 15.0. The lowest BCUT2D eigenvalue weighted by Gasteiger charge is -2.10. The van der Waals surface area contributed by atoms with Gasteiger partial charge in [-0.25, -0.2) is 0 Å². The van der Waals surface area contributed by atoms with E-state index in [9.17, 15) is 0 Å². The van der Waals surface area contributed by atoms with Crippen molar-refractivity contribution in [2.24, 2.45) is 0 Å².